The molecule has 20 heavy (non-hydrogen) atoms. The van der Waals surface area contributed by atoms with Gasteiger partial charge in [-0.15, -0.1) is 0 Å². The number of halogens is 1. The van der Waals surface area contributed by atoms with Crippen molar-refractivity contribution in [1.29, 1.82) is 0 Å². The van der Waals surface area contributed by atoms with Gasteiger partial charge in [0.25, 0.3) is 0 Å². The van der Waals surface area contributed by atoms with Gasteiger partial charge in [-0.2, -0.15) is 0 Å². The van der Waals surface area contributed by atoms with Gasteiger partial charge in [-0.3, -0.25) is 9.79 Å². The van der Waals surface area contributed by atoms with Crippen LogP contribution >= 0.6 is 11.6 Å². The Hall–Kier alpha value is -1.87. The van der Waals surface area contributed by atoms with Gasteiger partial charge in [-0.05, 0) is 25.3 Å². The van der Waals surface area contributed by atoms with E-state index in [1.165, 1.54) is 0 Å². The van der Waals surface area contributed by atoms with Crippen molar-refractivity contribution in [1.82, 2.24) is 0 Å². The van der Waals surface area contributed by atoms with Crippen molar-refractivity contribution >= 4 is 23.6 Å². The summed E-state index contributed by atoms with van der Waals surface area (Å²) in [5.41, 5.74) is 10.9. The Morgan fingerprint density at radius 2 is 2.05 bits per heavy atom. The van der Waals surface area contributed by atoms with E-state index in [1.807, 2.05) is 31.2 Å². The molecule has 1 aliphatic rings. The number of nitrogens with zero attached hydrogens (tertiary/aromatic N) is 1. The van der Waals surface area contributed by atoms with Crippen molar-refractivity contribution in [3.8, 4) is 0 Å². The second kappa shape index (κ2) is 6.06. The number of aryl methyl sites for hydroxylation is 1. The number of aldehydes is 1. The lowest BCUT2D eigenvalue weighted by Gasteiger charge is -2.21. The average molecular weight is 289 g/mol. The second-order valence-corrected chi connectivity index (χ2v) is 5.12. The first-order valence-electron chi connectivity index (χ1n) is 6.46. The highest BCUT2D eigenvalue weighted by Crippen LogP contribution is 2.33. The summed E-state index contributed by atoms with van der Waals surface area (Å²) >= 11 is 6.35. The number of allylic oxidation sites excluding steroid dienone is 4. The Kier molecular flexibility index (Phi) is 4.40. The fraction of sp³-hybridized carbons (Fsp3) is 0.250. The van der Waals surface area contributed by atoms with E-state index in [9.17, 15) is 4.79 Å². The molecule has 0 aromatic heterocycles. The van der Waals surface area contributed by atoms with E-state index < -0.39 is 0 Å². The average Bonchev–Trinajstić information content (AvgIpc) is 2.45. The Balaban J connectivity index is 2.61. The third kappa shape index (κ3) is 2.54. The van der Waals surface area contributed by atoms with Crippen molar-refractivity contribution in [3.63, 3.8) is 0 Å². The summed E-state index contributed by atoms with van der Waals surface area (Å²) in [6.07, 6.45) is 2.02. The first-order chi connectivity index (χ1) is 9.60. The molecule has 104 valence electrons. The number of hydrogen-bond donors (Lipinski definition) is 1. The maximum atomic E-state index is 11.1. The molecule has 0 amide bonds. The zero-order valence-electron chi connectivity index (χ0n) is 11.6. The number of nitrogens with two attached hydrogens (primary N) is 1. The van der Waals surface area contributed by atoms with Crippen LogP contribution in [0.15, 0.2) is 51.1 Å². The maximum absolute atomic E-state index is 11.1. The normalized spacial score (nSPS) is 16.6. The first kappa shape index (κ1) is 14.5. The van der Waals surface area contributed by atoms with E-state index in [-0.39, 0.29) is 0 Å². The van der Waals surface area contributed by atoms with E-state index in [0.717, 1.165) is 23.1 Å². The summed E-state index contributed by atoms with van der Waals surface area (Å²) in [5, 5.41) is 0.424. The highest BCUT2D eigenvalue weighted by atomic mass is 35.5. The molecule has 0 aliphatic heterocycles. The van der Waals surface area contributed by atoms with Crippen LogP contribution in [0.25, 0.3) is 0 Å². The molecule has 4 heteroatoms. The zero-order chi connectivity index (χ0) is 14.7. The summed E-state index contributed by atoms with van der Waals surface area (Å²) in [6.45, 7) is 2.01. The Bertz CT molecular complexity index is 642. The molecule has 2 rings (SSSR count). The lowest BCUT2D eigenvalue weighted by atomic mass is 9.89. The molecular weight excluding hydrogens is 272 g/mol. The second-order valence-electron chi connectivity index (χ2n) is 4.74. The van der Waals surface area contributed by atoms with Gasteiger partial charge >= 0.3 is 0 Å². The van der Waals surface area contributed by atoms with Crippen LogP contribution in [0.1, 0.15) is 24.0 Å². The molecule has 1 aliphatic carbocycles. The Morgan fingerprint density at radius 3 is 2.65 bits per heavy atom. The molecule has 0 saturated carbocycles. The van der Waals surface area contributed by atoms with Gasteiger partial charge in [0.05, 0.1) is 10.7 Å². The SMILES string of the molecule is CN=C(C1=C(N)CCC(C=O)=C1Cl)c1ccccc1C. The smallest absolute Gasteiger partial charge is 0.147 e. The van der Waals surface area contributed by atoms with Crippen LogP contribution in [0, 0.1) is 6.92 Å². The Morgan fingerprint density at radius 1 is 1.35 bits per heavy atom. The third-order valence-corrected chi connectivity index (χ3v) is 3.92. The molecule has 0 atom stereocenters. The van der Waals surface area contributed by atoms with Crippen molar-refractivity contribution in [2.45, 2.75) is 19.8 Å². The fourth-order valence-electron chi connectivity index (χ4n) is 2.38. The maximum Gasteiger partial charge on any atom is 0.147 e. The van der Waals surface area contributed by atoms with Gasteiger partial charge in [0, 0.05) is 29.5 Å². The Labute approximate surface area is 123 Å². The van der Waals surface area contributed by atoms with E-state index >= 15 is 0 Å². The van der Waals surface area contributed by atoms with Crippen LogP contribution in [0.2, 0.25) is 0 Å². The largest absolute Gasteiger partial charge is 0.401 e. The van der Waals surface area contributed by atoms with Crippen LogP contribution in [0.5, 0.6) is 0 Å². The molecular formula is C16H17ClN2O. The lowest BCUT2D eigenvalue weighted by molar-refractivity contribution is -0.105. The number of rotatable bonds is 3. The van der Waals surface area contributed by atoms with E-state index in [0.29, 0.717) is 34.7 Å². The minimum Gasteiger partial charge on any atom is -0.401 e. The molecule has 0 saturated heterocycles. The standard InChI is InChI=1S/C16H17ClN2O/c1-10-5-3-4-6-12(10)16(19-2)14-13(18)8-7-11(9-20)15(14)17/h3-6,9H,7-8,18H2,1-2H3. The van der Waals surface area contributed by atoms with Crippen molar-refractivity contribution in [2.24, 2.45) is 10.7 Å². The minimum absolute atomic E-state index is 0.424. The quantitative estimate of drug-likeness (QED) is 0.686. The molecule has 2 N–H and O–H groups in total. The monoisotopic (exact) mass is 288 g/mol. The summed E-state index contributed by atoms with van der Waals surface area (Å²) < 4.78 is 0. The number of carbonyl (C=O) groups is 1. The van der Waals surface area contributed by atoms with E-state index in [1.54, 1.807) is 7.05 Å². The van der Waals surface area contributed by atoms with Gasteiger partial charge in [-0.25, -0.2) is 0 Å². The predicted octanol–water partition coefficient (Wildman–Crippen LogP) is 3.11. The lowest BCUT2D eigenvalue weighted by Crippen LogP contribution is -2.18. The van der Waals surface area contributed by atoms with E-state index in [2.05, 4.69) is 4.99 Å². The van der Waals surface area contributed by atoms with Crippen molar-refractivity contribution in [3.05, 3.63) is 57.3 Å². The number of hydrogen-bond acceptors (Lipinski definition) is 3. The predicted molar refractivity (Wildman–Crippen MR) is 83.0 cm³/mol. The van der Waals surface area contributed by atoms with Crippen molar-refractivity contribution in [2.75, 3.05) is 7.05 Å². The number of benzene rings is 1. The van der Waals surface area contributed by atoms with Crippen LogP contribution in [0.3, 0.4) is 0 Å². The molecule has 0 unspecified atom stereocenters. The summed E-state index contributed by atoms with van der Waals surface area (Å²) in [5.74, 6) is 0. The molecule has 0 radical (unpaired) electrons. The van der Waals surface area contributed by atoms with Gasteiger partial charge in [0.1, 0.15) is 6.29 Å². The zero-order valence-corrected chi connectivity index (χ0v) is 12.4. The van der Waals surface area contributed by atoms with Crippen molar-refractivity contribution < 1.29 is 4.79 Å². The molecule has 0 spiro atoms. The summed E-state index contributed by atoms with van der Waals surface area (Å²) in [7, 11) is 1.71. The molecule has 1 aromatic carbocycles. The highest BCUT2D eigenvalue weighted by molar-refractivity contribution is 6.39. The topological polar surface area (TPSA) is 55.4 Å². The summed E-state index contributed by atoms with van der Waals surface area (Å²) in [6, 6.07) is 7.92. The number of aliphatic imine (C=N–C) groups is 1. The fourth-order valence-corrected chi connectivity index (χ4v) is 2.73. The van der Waals surface area contributed by atoms with Crippen LogP contribution in [-0.4, -0.2) is 19.0 Å². The van der Waals surface area contributed by atoms with Crippen LogP contribution < -0.4 is 5.73 Å². The molecule has 3 nitrogen and oxygen atoms in total. The van der Waals surface area contributed by atoms with Gasteiger partial charge in [0.2, 0.25) is 0 Å². The molecule has 1 aromatic rings. The van der Waals surface area contributed by atoms with Crippen LogP contribution in [0.4, 0.5) is 0 Å². The van der Waals surface area contributed by atoms with Gasteiger partial charge < -0.3 is 5.73 Å². The molecule has 0 heterocycles. The van der Waals surface area contributed by atoms with Gasteiger partial charge in [0.15, 0.2) is 0 Å². The van der Waals surface area contributed by atoms with Gasteiger partial charge in [-0.1, -0.05) is 35.9 Å². The van der Waals surface area contributed by atoms with E-state index in [4.69, 9.17) is 17.3 Å². The highest BCUT2D eigenvalue weighted by Gasteiger charge is 2.24. The third-order valence-electron chi connectivity index (χ3n) is 3.49. The minimum atomic E-state index is 0.424. The molecule has 0 bridgehead atoms. The number of carbonyl (C=O) groups excluding carboxylic acids is 1. The molecule has 0 fully saturated rings. The first-order valence-corrected chi connectivity index (χ1v) is 6.84. The van der Waals surface area contributed by atoms with Crippen LogP contribution in [-0.2, 0) is 4.79 Å². The summed E-state index contributed by atoms with van der Waals surface area (Å²) in [4.78, 5) is 15.4.